The van der Waals surface area contributed by atoms with E-state index in [0.29, 0.717) is 12.2 Å². The summed E-state index contributed by atoms with van der Waals surface area (Å²) >= 11 is 0. The summed E-state index contributed by atoms with van der Waals surface area (Å²) in [5.41, 5.74) is 6.49. The van der Waals surface area contributed by atoms with Crippen molar-refractivity contribution < 1.29 is 14.3 Å². The Morgan fingerprint density at radius 2 is 1.71 bits per heavy atom. The third-order valence-electron chi connectivity index (χ3n) is 6.07. The lowest BCUT2D eigenvalue weighted by molar-refractivity contribution is -0.126. The highest BCUT2D eigenvalue weighted by atomic mass is 16.5. The molecule has 0 saturated carbocycles. The van der Waals surface area contributed by atoms with E-state index in [-0.39, 0.29) is 5.41 Å². The zero-order valence-electron chi connectivity index (χ0n) is 14.7. The van der Waals surface area contributed by atoms with Crippen molar-refractivity contribution in [3.63, 3.8) is 0 Å². The molecule has 3 heteroatoms. The molecule has 4 rings (SSSR count). The molecule has 126 valence electrons. The van der Waals surface area contributed by atoms with Gasteiger partial charge in [0.05, 0.1) is 19.6 Å². The molecule has 1 aromatic carbocycles. The van der Waals surface area contributed by atoms with Crippen LogP contribution in [0.1, 0.15) is 50.2 Å². The highest BCUT2D eigenvalue weighted by Crippen LogP contribution is 2.53. The van der Waals surface area contributed by atoms with Crippen molar-refractivity contribution in [2.24, 2.45) is 5.41 Å². The minimum atomic E-state index is -0.259. The number of Topliss-reactive ketones (excluding diaryl/α,β-unsaturated/α-hetero) is 1. The molecule has 1 aromatic rings. The number of carbonyl (C=O) groups excluding carboxylic acids is 1. The van der Waals surface area contributed by atoms with Crippen LogP contribution in [-0.2, 0) is 11.2 Å². The number of aryl methyl sites for hydroxylation is 1. The third kappa shape index (κ3) is 2.07. The molecule has 0 fully saturated rings. The lowest BCUT2D eigenvalue weighted by Crippen LogP contribution is -2.36. The van der Waals surface area contributed by atoms with Crippen molar-refractivity contribution in [2.75, 3.05) is 14.2 Å². The first-order chi connectivity index (χ1) is 11.6. The fraction of sp³-hybridized carbons (Fsp3) is 0.476. The quantitative estimate of drug-likeness (QED) is 0.804. The number of methoxy groups -OCH3 is 2. The summed E-state index contributed by atoms with van der Waals surface area (Å²) in [5.74, 6) is 2.00. The predicted octanol–water partition coefficient (Wildman–Crippen LogP) is 4.49. The van der Waals surface area contributed by atoms with Crippen LogP contribution >= 0.6 is 0 Å². The molecule has 0 spiro atoms. The minimum absolute atomic E-state index is 0.259. The highest BCUT2D eigenvalue weighted by molar-refractivity contribution is 5.93. The molecule has 0 amide bonds. The van der Waals surface area contributed by atoms with E-state index in [2.05, 4.69) is 25.1 Å². The van der Waals surface area contributed by atoms with E-state index in [1.165, 1.54) is 27.8 Å². The molecule has 24 heavy (non-hydrogen) atoms. The summed E-state index contributed by atoms with van der Waals surface area (Å²) in [6.07, 6.45) is 7.82. The Balaban J connectivity index is 1.87. The van der Waals surface area contributed by atoms with E-state index in [4.69, 9.17) is 9.47 Å². The maximum Gasteiger partial charge on any atom is 0.161 e. The van der Waals surface area contributed by atoms with Crippen molar-refractivity contribution in [1.29, 1.82) is 0 Å². The van der Waals surface area contributed by atoms with Crippen molar-refractivity contribution in [3.8, 4) is 11.5 Å². The van der Waals surface area contributed by atoms with Gasteiger partial charge in [-0.15, -0.1) is 0 Å². The number of hydrogen-bond donors (Lipinski definition) is 0. The second-order valence-electron chi connectivity index (χ2n) is 7.23. The van der Waals surface area contributed by atoms with Crippen LogP contribution in [0.15, 0.2) is 29.4 Å². The SMILES string of the molecule is COc1cc2c(cc1OC)C1=C(CC2)C2=CCCC(=O)[C@]2(C)CC1. The molecule has 0 unspecified atom stereocenters. The molecule has 3 aliphatic rings. The Labute approximate surface area is 143 Å². The number of carbonyl (C=O) groups is 1. The Morgan fingerprint density at radius 3 is 2.46 bits per heavy atom. The molecule has 0 aliphatic heterocycles. The number of benzene rings is 1. The summed E-state index contributed by atoms with van der Waals surface area (Å²) in [6.45, 7) is 2.15. The smallest absolute Gasteiger partial charge is 0.161 e. The van der Waals surface area contributed by atoms with Crippen molar-refractivity contribution in [1.82, 2.24) is 0 Å². The molecule has 0 N–H and O–H groups in total. The maximum absolute atomic E-state index is 12.6. The molecular formula is C21H24O3. The van der Waals surface area contributed by atoms with E-state index < -0.39 is 0 Å². The lowest BCUT2D eigenvalue weighted by Gasteiger charge is -2.42. The van der Waals surface area contributed by atoms with Gasteiger partial charge >= 0.3 is 0 Å². The lowest BCUT2D eigenvalue weighted by atomic mass is 9.60. The van der Waals surface area contributed by atoms with Gasteiger partial charge in [0.15, 0.2) is 11.5 Å². The number of hydrogen-bond acceptors (Lipinski definition) is 3. The Morgan fingerprint density at radius 1 is 0.958 bits per heavy atom. The van der Waals surface area contributed by atoms with Crippen LogP contribution in [0.5, 0.6) is 11.5 Å². The predicted molar refractivity (Wildman–Crippen MR) is 94.5 cm³/mol. The van der Waals surface area contributed by atoms with Crippen LogP contribution in [-0.4, -0.2) is 20.0 Å². The molecule has 0 radical (unpaired) electrons. The topological polar surface area (TPSA) is 35.5 Å². The van der Waals surface area contributed by atoms with Gasteiger partial charge in [0.25, 0.3) is 0 Å². The van der Waals surface area contributed by atoms with Gasteiger partial charge < -0.3 is 9.47 Å². The summed E-state index contributed by atoms with van der Waals surface area (Å²) in [4.78, 5) is 12.6. The first-order valence-corrected chi connectivity index (χ1v) is 8.80. The zero-order valence-corrected chi connectivity index (χ0v) is 14.7. The summed E-state index contributed by atoms with van der Waals surface area (Å²) < 4.78 is 11.0. The number of ether oxygens (including phenoxy) is 2. The Kier molecular flexibility index (Phi) is 3.56. The van der Waals surface area contributed by atoms with E-state index in [0.717, 1.165) is 43.6 Å². The van der Waals surface area contributed by atoms with Gasteiger partial charge in [-0.1, -0.05) is 6.08 Å². The van der Waals surface area contributed by atoms with Crippen LogP contribution in [0.2, 0.25) is 0 Å². The molecule has 0 aromatic heterocycles. The second kappa shape index (κ2) is 5.51. The van der Waals surface area contributed by atoms with Gasteiger partial charge in [-0.05, 0) is 79.0 Å². The number of allylic oxidation sites excluding steroid dienone is 4. The normalized spacial score (nSPS) is 25.5. The Hall–Kier alpha value is -2.03. The molecular weight excluding hydrogens is 300 g/mol. The van der Waals surface area contributed by atoms with Crippen molar-refractivity contribution in [3.05, 3.63) is 40.5 Å². The summed E-state index contributed by atoms with van der Waals surface area (Å²) in [5, 5.41) is 0. The van der Waals surface area contributed by atoms with Gasteiger partial charge in [-0.25, -0.2) is 0 Å². The molecule has 1 atom stereocenters. The number of fused-ring (bicyclic) bond motifs is 4. The molecule has 0 heterocycles. The first kappa shape index (κ1) is 15.5. The molecule has 3 nitrogen and oxygen atoms in total. The fourth-order valence-corrected chi connectivity index (χ4v) is 4.67. The molecule has 3 aliphatic carbocycles. The molecule has 0 saturated heterocycles. The zero-order chi connectivity index (χ0) is 16.9. The van der Waals surface area contributed by atoms with Gasteiger partial charge in [0, 0.05) is 6.42 Å². The Bertz CT molecular complexity index is 785. The largest absolute Gasteiger partial charge is 0.493 e. The van der Waals surface area contributed by atoms with Crippen LogP contribution in [0.25, 0.3) is 5.57 Å². The van der Waals surface area contributed by atoms with Gasteiger partial charge in [0.2, 0.25) is 0 Å². The first-order valence-electron chi connectivity index (χ1n) is 8.80. The van der Waals surface area contributed by atoms with Gasteiger partial charge in [-0.3, -0.25) is 4.79 Å². The maximum atomic E-state index is 12.6. The molecule has 0 bridgehead atoms. The second-order valence-corrected chi connectivity index (χ2v) is 7.23. The van der Waals surface area contributed by atoms with Crippen LogP contribution in [0, 0.1) is 5.41 Å². The standard InChI is InChI=1S/C21H24O3/c1-21-10-9-14-15(17(21)5-4-6-20(21)22)8-7-13-11-18(23-2)19(24-3)12-16(13)14/h5,11-12H,4,6-10H2,1-3H3/t21-/m1/s1. The minimum Gasteiger partial charge on any atom is -0.493 e. The highest BCUT2D eigenvalue weighted by Gasteiger charge is 2.44. The van der Waals surface area contributed by atoms with Crippen LogP contribution in [0.3, 0.4) is 0 Å². The number of ketones is 1. The third-order valence-corrected chi connectivity index (χ3v) is 6.07. The van der Waals surface area contributed by atoms with E-state index >= 15 is 0 Å². The van der Waals surface area contributed by atoms with Crippen LogP contribution < -0.4 is 9.47 Å². The number of rotatable bonds is 2. The summed E-state index contributed by atoms with van der Waals surface area (Å²) in [7, 11) is 3.37. The van der Waals surface area contributed by atoms with Gasteiger partial charge in [-0.2, -0.15) is 0 Å². The summed E-state index contributed by atoms with van der Waals surface area (Å²) in [6, 6.07) is 4.24. The van der Waals surface area contributed by atoms with Gasteiger partial charge in [0.1, 0.15) is 5.78 Å². The average molecular weight is 324 g/mol. The van der Waals surface area contributed by atoms with E-state index in [9.17, 15) is 4.79 Å². The van der Waals surface area contributed by atoms with E-state index in [1.54, 1.807) is 14.2 Å². The monoisotopic (exact) mass is 324 g/mol. The van der Waals surface area contributed by atoms with Crippen molar-refractivity contribution >= 4 is 11.4 Å². The average Bonchev–Trinajstić information content (AvgIpc) is 2.61. The fourth-order valence-electron chi connectivity index (χ4n) is 4.67. The van der Waals surface area contributed by atoms with E-state index in [1.807, 2.05) is 0 Å². The van der Waals surface area contributed by atoms with Crippen molar-refractivity contribution in [2.45, 2.75) is 45.4 Å². The van der Waals surface area contributed by atoms with Crippen LogP contribution in [0.4, 0.5) is 0 Å².